The van der Waals surface area contributed by atoms with Crippen LogP contribution in [-0.4, -0.2) is 67.0 Å². The molecule has 0 spiro atoms. The number of halogens is 3. The highest BCUT2D eigenvalue weighted by atomic mass is 127. The Labute approximate surface area is 200 Å². The zero-order valence-corrected chi connectivity index (χ0v) is 20.6. The molecule has 0 unspecified atom stereocenters. The number of carbonyl (C=O) groups is 1. The van der Waals surface area contributed by atoms with Crippen molar-refractivity contribution in [3.8, 4) is 0 Å². The van der Waals surface area contributed by atoms with Gasteiger partial charge in [-0.05, 0) is 38.3 Å². The van der Waals surface area contributed by atoms with E-state index < -0.39 is 0 Å². The zero-order valence-electron chi connectivity index (χ0n) is 17.5. The summed E-state index contributed by atoms with van der Waals surface area (Å²) in [6, 6.07) is 5.24. The van der Waals surface area contributed by atoms with Crippen LogP contribution in [-0.2, 0) is 11.3 Å². The second-order valence-electron chi connectivity index (χ2n) is 7.64. The van der Waals surface area contributed by atoms with Gasteiger partial charge in [0.05, 0.1) is 0 Å². The molecule has 1 aromatic rings. The number of nitrogens with zero attached hydrogens (tertiary/aromatic N) is 3. The third-order valence-corrected chi connectivity index (χ3v) is 5.57. The Hall–Kier alpha value is -1.13. The number of hydrogen-bond acceptors (Lipinski definition) is 3. The molecule has 6 nitrogen and oxygen atoms in total. The van der Waals surface area contributed by atoms with Crippen LogP contribution in [0.15, 0.2) is 23.2 Å². The monoisotopic (exact) mass is 551 g/mol. The van der Waals surface area contributed by atoms with Gasteiger partial charge in [0.2, 0.25) is 5.91 Å². The highest BCUT2D eigenvalue weighted by molar-refractivity contribution is 14.0. The number of piperazine rings is 1. The summed E-state index contributed by atoms with van der Waals surface area (Å²) in [5, 5.41) is 6.83. The molecule has 1 saturated carbocycles. The summed E-state index contributed by atoms with van der Waals surface area (Å²) >= 11 is 6.16. The first kappa shape index (κ1) is 25.1. The van der Waals surface area contributed by atoms with E-state index in [1.165, 1.54) is 6.07 Å². The quantitative estimate of drug-likeness (QED) is 0.225. The maximum Gasteiger partial charge on any atom is 0.220 e. The lowest BCUT2D eigenvalue weighted by Gasteiger charge is -2.36. The minimum absolute atomic E-state index is 0. The number of guanidine groups is 1. The van der Waals surface area contributed by atoms with Crippen LogP contribution in [0, 0.1) is 5.82 Å². The minimum Gasteiger partial charge on any atom is -0.357 e. The summed E-state index contributed by atoms with van der Waals surface area (Å²) in [5.74, 6) is 0.771. The standard InChI is InChI=1S/C21H31ClFN5O.HI/c1-2-24-21(25-10-4-7-20(29)26-16-8-9-16)28-13-11-27(12-14-28)15-17-18(22)5-3-6-19(17)23;/h3,5-6,16H,2,4,7-15H2,1H3,(H,24,25)(H,26,29);1H. The van der Waals surface area contributed by atoms with E-state index in [2.05, 4.69) is 27.4 Å². The molecular weight excluding hydrogens is 520 g/mol. The maximum absolute atomic E-state index is 14.0. The second kappa shape index (κ2) is 12.7. The minimum atomic E-state index is -0.249. The van der Waals surface area contributed by atoms with E-state index in [9.17, 15) is 9.18 Å². The zero-order chi connectivity index (χ0) is 20.6. The van der Waals surface area contributed by atoms with Crippen LogP contribution in [0.1, 0.15) is 38.2 Å². The molecule has 0 atom stereocenters. The molecule has 30 heavy (non-hydrogen) atoms. The lowest BCUT2D eigenvalue weighted by atomic mass is 10.2. The van der Waals surface area contributed by atoms with Crippen molar-refractivity contribution in [3.63, 3.8) is 0 Å². The average Bonchev–Trinajstić information content (AvgIpc) is 3.52. The van der Waals surface area contributed by atoms with E-state index in [0.29, 0.717) is 36.1 Å². The Kier molecular flexibility index (Phi) is 10.6. The Morgan fingerprint density at radius 3 is 2.63 bits per heavy atom. The number of carbonyl (C=O) groups excluding carboxylic acids is 1. The molecule has 1 amide bonds. The Morgan fingerprint density at radius 2 is 2.00 bits per heavy atom. The molecular formula is C21H32ClFIN5O. The van der Waals surface area contributed by atoms with Gasteiger partial charge in [-0.15, -0.1) is 24.0 Å². The van der Waals surface area contributed by atoms with Crippen molar-refractivity contribution in [2.75, 3.05) is 39.3 Å². The van der Waals surface area contributed by atoms with E-state index in [1.807, 2.05) is 0 Å². The first-order valence-corrected chi connectivity index (χ1v) is 10.9. The van der Waals surface area contributed by atoms with Crippen LogP contribution < -0.4 is 10.6 Å². The number of rotatable bonds is 8. The van der Waals surface area contributed by atoms with Gasteiger partial charge in [-0.3, -0.25) is 14.7 Å². The Bertz CT molecular complexity index is 703. The van der Waals surface area contributed by atoms with Gasteiger partial charge in [0, 0.05) is 68.9 Å². The normalized spacial score (nSPS) is 17.4. The van der Waals surface area contributed by atoms with Crippen LogP contribution in [0.5, 0.6) is 0 Å². The van der Waals surface area contributed by atoms with Crippen LogP contribution in [0.4, 0.5) is 4.39 Å². The van der Waals surface area contributed by atoms with Crippen molar-refractivity contribution in [2.24, 2.45) is 4.99 Å². The predicted octanol–water partition coefficient (Wildman–Crippen LogP) is 3.24. The third-order valence-electron chi connectivity index (χ3n) is 5.22. The van der Waals surface area contributed by atoms with Gasteiger partial charge in [0.1, 0.15) is 5.82 Å². The summed E-state index contributed by atoms with van der Waals surface area (Å²) in [6.45, 7) is 7.27. The Morgan fingerprint density at radius 1 is 1.27 bits per heavy atom. The molecule has 1 saturated heterocycles. The smallest absolute Gasteiger partial charge is 0.220 e. The predicted molar refractivity (Wildman–Crippen MR) is 130 cm³/mol. The number of amides is 1. The molecule has 2 fully saturated rings. The highest BCUT2D eigenvalue weighted by Gasteiger charge is 2.23. The summed E-state index contributed by atoms with van der Waals surface area (Å²) in [5.41, 5.74) is 0.563. The van der Waals surface area contributed by atoms with E-state index in [-0.39, 0.29) is 35.7 Å². The SMILES string of the molecule is CCNC(=NCCCC(=O)NC1CC1)N1CCN(Cc2c(F)cccc2Cl)CC1.I. The maximum atomic E-state index is 14.0. The molecule has 0 bridgehead atoms. The molecule has 0 radical (unpaired) electrons. The third kappa shape index (κ3) is 7.85. The molecule has 1 heterocycles. The number of nitrogens with one attached hydrogen (secondary N) is 2. The fraction of sp³-hybridized carbons (Fsp3) is 0.619. The Balaban J connectivity index is 0.00000320. The van der Waals surface area contributed by atoms with Crippen molar-refractivity contribution < 1.29 is 9.18 Å². The van der Waals surface area contributed by atoms with Gasteiger partial charge in [0.15, 0.2) is 5.96 Å². The van der Waals surface area contributed by atoms with E-state index in [0.717, 1.165) is 57.9 Å². The van der Waals surface area contributed by atoms with E-state index in [4.69, 9.17) is 16.6 Å². The van der Waals surface area contributed by atoms with Crippen LogP contribution in [0.2, 0.25) is 5.02 Å². The molecule has 0 aromatic heterocycles. The number of hydrogen-bond donors (Lipinski definition) is 2. The lowest BCUT2D eigenvalue weighted by molar-refractivity contribution is -0.121. The van der Waals surface area contributed by atoms with Gasteiger partial charge in [-0.2, -0.15) is 0 Å². The van der Waals surface area contributed by atoms with Crippen molar-refractivity contribution in [3.05, 3.63) is 34.6 Å². The van der Waals surface area contributed by atoms with Crippen molar-refractivity contribution in [1.29, 1.82) is 0 Å². The molecule has 9 heteroatoms. The molecule has 1 aliphatic heterocycles. The number of aliphatic imine (C=N–C) groups is 1. The van der Waals surface area contributed by atoms with E-state index >= 15 is 0 Å². The van der Waals surface area contributed by atoms with E-state index in [1.54, 1.807) is 12.1 Å². The molecule has 1 aliphatic carbocycles. The largest absolute Gasteiger partial charge is 0.357 e. The topological polar surface area (TPSA) is 60.0 Å². The van der Waals surface area contributed by atoms with Gasteiger partial charge < -0.3 is 15.5 Å². The highest BCUT2D eigenvalue weighted by Crippen LogP contribution is 2.21. The number of benzene rings is 1. The average molecular weight is 552 g/mol. The molecule has 1 aromatic carbocycles. The van der Waals surface area contributed by atoms with Gasteiger partial charge >= 0.3 is 0 Å². The summed E-state index contributed by atoms with van der Waals surface area (Å²) in [4.78, 5) is 20.9. The fourth-order valence-corrected chi connectivity index (χ4v) is 3.63. The van der Waals surface area contributed by atoms with Crippen LogP contribution in [0.3, 0.4) is 0 Å². The van der Waals surface area contributed by atoms with Crippen molar-refractivity contribution >= 4 is 47.4 Å². The summed E-state index contributed by atoms with van der Waals surface area (Å²) in [7, 11) is 0. The lowest BCUT2D eigenvalue weighted by Crippen LogP contribution is -2.52. The van der Waals surface area contributed by atoms with Crippen LogP contribution >= 0.6 is 35.6 Å². The molecule has 168 valence electrons. The van der Waals surface area contributed by atoms with Gasteiger partial charge in [0.25, 0.3) is 0 Å². The van der Waals surface area contributed by atoms with Gasteiger partial charge in [-0.1, -0.05) is 17.7 Å². The van der Waals surface area contributed by atoms with Gasteiger partial charge in [-0.25, -0.2) is 4.39 Å². The summed E-state index contributed by atoms with van der Waals surface area (Å²) < 4.78 is 14.0. The van der Waals surface area contributed by atoms with Crippen LogP contribution in [0.25, 0.3) is 0 Å². The second-order valence-corrected chi connectivity index (χ2v) is 8.05. The first-order valence-electron chi connectivity index (χ1n) is 10.5. The first-order chi connectivity index (χ1) is 14.1. The summed E-state index contributed by atoms with van der Waals surface area (Å²) in [6.07, 6.45) is 3.50. The van der Waals surface area contributed by atoms with Crippen molar-refractivity contribution in [2.45, 2.75) is 45.2 Å². The van der Waals surface area contributed by atoms with Crippen molar-refractivity contribution in [1.82, 2.24) is 20.4 Å². The fourth-order valence-electron chi connectivity index (χ4n) is 3.40. The molecule has 2 N–H and O–H groups in total. The molecule has 2 aliphatic rings. The molecule has 3 rings (SSSR count).